The molecule has 2 aromatic carbocycles. The summed E-state index contributed by atoms with van der Waals surface area (Å²) in [6, 6.07) is 9.97. The van der Waals surface area contributed by atoms with Crippen LogP contribution in [0.2, 0.25) is 0 Å². The summed E-state index contributed by atoms with van der Waals surface area (Å²) in [6.45, 7) is 0. The Morgan fingerprint density at radius 3 is 2.48 bits per heavy atom. The summed E-state index contributed by atoms with van der Waals surface area (Å²) in [5, 5.41) is 10.4. The zero-order valence-electron chi connectivity index (χ0n) is 13.4. The molecule has 0 unspecified atom stereocenters. The lowest BCUT2D eigenvalue weighted by atomic mass is 10.1. The van der Waals surface area contributed by atoms with Crippen LogP contribution in [0.5, 0.6) is 17.2 Å². The van der Waals surface area contributed by atoms with Crippen LogP contribution in [-0.4, -0.2) is 24.3 Å². The summed E-state index contributed by atoms with van der Waals surface area (Å²) in [7, 11) is 2.85. The lowest BCUT2D eigenvalue weighted by Gasteiger charge is -2.09. The number of hydrogen-bond donors (Lipinski definition) is 1. The lowest BCUT2D eigenvalue weighted by molar-refractivity contribution is 0.340. The first-order chi connectivity index (χ1) is 12.0. The summed E-state index contributed by atoms with van der Waals surface area (Å²) in [5.41, 5.74) is 0.545. The van der Waals surface area contributed by atoms with Crippen LogP contribution in [0.15, 0.2) is 45.6 Å². The first kappa shape index (κ1) is 16.9. The van der Waals surface area contributed by atoms with Crippen molar-refractivity contribution in [3.8, 4) is 17.2 Å². The average molecular weight is 360 g/mol. The van der Waals surface area contributed by atoms with Gasteiger partial charge < -0.3 is 19.0 Å². The van der Waals surface area contributed by atoms with Crippen LogP contribution < -0.4 is 15.1 Å². The molecule has 128 valence electrons. The first-order valence-corrected chi connectivity index (χ1v) is 7.63. The zero-order valence-corrected chi connectivity index (χ0v) is 14.2. The number of halogens is 1. The van der Waals surface area contributed by atoms with Gasteiger partial charge in [0.15, 0.2) is 11.5 Å². The lowest BCUT2D eigenvalue weighted by Crippen LogP contribution is -2.03. The molecule has 3 rings (SSSR count). The quantitative estimate of drug-likeness (QED) is 0.765. The van der Waals surface area contributed by atoms with Gasteiger partial charge in [-0.25, -0.2) is 9.78 Å². The van der Waals surface area contributed by atoms with Crippen LogP contribution in [0, 0.1) is 0 Å². The van der Waals surface area contributed by atoms with Crippen LogP contribution in [0.25, 0.3) is 22.0 Å². The number of aromatic nitrogens is 1. The Labute approximate surface area is 147 Å². The van der Waals surface area contributed by atoms with Crippen LogP contribution in [0.4, 0.5) is 0 Å². The molecule has 3 aromatic rings. The summed E-state index contributed by atoms with van der Waals surface area (Å²) in [4.78, 5) is 16.3. The zero-order chi connectivity index (χ0) is 18.0. The minimum Gasteiger partial charge on any atom is -0.502 e. The van der Waals surface area contributed by atoms with Gasteiger partial charge in [-0.15, -0.1) is 0 Å². The van der Waals surface area contributed by atoms with E-state index in [9.17, 15) is 9.90 Å². The third kappa shape index (κ3) is 3.29. The van der Waals surface area contributed by atoms with Gasteiger partial charge in [-0.1, -0.05) is 23.7 Å². The van der Waals surface area contributed by atoms with E-state index in [-0.39, 0.29) is 28.2 Å². The summed E-state index contributed by atoms with van der Waals surface area (Å²) >= 11 is 6.27. The van der Waals surface area contributed by atoms with E-state index in [0.717, 1.165) is 0 Å². The largest absolute Gasteiger partial charge is 0.502 e. The average Bonchev–Trinajstić information content (AvgIpc) is 2.62. The van der Waals surface area contributed by atoms with Crippen molar-refractivity contribution in [3.63, 3.8) is 0 Å². The molecule has 0 atom stereocenters. The summed E-state index contributed by atoms with van der Waals surface area (Å²) in [6.07, 6.45) is 1.53. The van der Waals surface area contributed by atoms with Crippen molar-refractivity contribution in [2.24, 2.45) is 0 Å². The van der Waals surface area contributed by atoms with E-state index >= 15 is 0 Å². The molecule has 1 aromatic heterocycles. The second kappa shape index (κ2) is 6.86. The number of benzene rings is 2. The third-order valence-electron chi connectivity index (χ3n) is 3.54. The van der Waals surface area contributed by atoms with Gasteiger partial charge in [-0.2, -0.15) is 0 Å². The fourth-order valence-electron chi connectivity index (χ4n) is 2.33. The predicted molar refractivity (Wildman–Crippen MR) is 95.2 cm³/mol. The topological polar surface area (TPSA) is 81.8 Å². The normalized spacial score (nSPS) is 11.6. The highest BCUT2D eigenvalue weighted by molar-refractivity contribution is 6.50. The molecule has 0 aliphatic carbocycles. The van der Waals surface area contributed by atoms with Crippen molar-refractivity contribution in [2.45, 2.75) is 0 Å². The number of phenolic OH excluding ortho intramolecular Hbond substituents is 1. The van der Waals surface area contributed by atoms with Gasteiger partial charge >= 0.3 is 5.63 Å². The fraction of sp³-hybridized carbons (Fsp3) is 0.111. The maximum atomic E-state index is 12.0. The molecule has 0 saturated carbocycles. The first-order valence-electron chi connectivity index (χ1n) is 7.26. The Kier molecular flexibility index (Phi) is 4.63. The standard InChI is InChI=1S/C18H14ClNO5/c1-23-14-8-10(9-15(24-2)16(14)21)7-12(19)17-20-13-6-4-3-5-11(13)18(22)25-17/h3-9,21H,1-2H3/b12-7-. The molecule has 1 heterocycles. The molecule has 0 fully saturated rings. The summed E-state index contributed by atoms with van der Waals surface area (Å²) in [5.74, 6) is 0.330. The van der Waals surface area contributed by atoms with Gasteiger partial charge in [-0.05, 0) is 35.9 Å². The van der Waals surface area contributed by atoms with Gasteiger partial charge in [0.05, 0.1) is 25.1 Å². The highest BCUT2D eigenvalue weighted by atomic mass is 35.5. The van der Waals surface area contributed by atoms with Crippen molar-refractivity contribution in [3.05, 3.63) is 58.3 Å². The molecule has 7 heteroatoms. The molecular formula is C18H14ClNO5. The minimum atomic E-state index is -0.520. The van der Waals surface area contributed by atoms with Crippen LogP contribution in [0.1, 0.15) is 11.5 Å². The maximum absolute atomic E-state index is 12.0. The van der Waals surface area contributed by atoms with Crippen molar-refractivity contribution in [1.29, 1.82) is 0 Å². The molecule has 0 aliphatic rings. The molecule has 6 nitrogen and oxygen atoms in total. The number of phenols is 1. The predicted octanol–water partition coefficient (Wildman–Crippen LogP) is 3.65. The number of fused-ring (bicyclic) bond motifs is 1. The Balaban J connectivity index is 2.09. The second-order valence-corrected chi connectivity index (χ2v) is 5.50. The van der Waals surface area contributed by atoms with Crippen molar-refractivity contribution >= 4 is 33.6 Å². The monoisotopic (exact) mass is 359 g/mol. The Hall–Kier alpha value is -2.99. The van der Waals surface area contributed by atoms with E-state index in [0.29, 0.717) is 16.5 Å². The van der Waals surface area contributed by atoms with E-state index in [1.54, 1.807) is 36.4 Å². The van der Waals surface area contributed by atoms with Crippen LogP contribution >= 0.6 is 11.6 Å². The maximum Gasteiger partial charge on any atom is 0.347 e. The SMILES string of the molecule is COc1cc(/C=C(\Cl)c2nc3ccccc3c(=O)o2)cc(OC)c1O. The van der Waals surface area contributed by atoms with E-state index < -0.39 is 5.63 Å². The van der Waals surface area contributed by atoms with Gasteiger partial charge in [0, 0.05) is 0 Å². The van der Waals surface area contributed by atoms with Crippen molar-refractivity contribution < 1.29 is 19.0 Å². The van der Waals surface area contributed by atoms with Crippen LogP contribution in [0.3, 0.4) is 0 Å². The van der Waals surface area contributed by atoms with Crippen molar-refractivity contribution in [1.82, 2.24) is 4.98 Å². The Morgan fingerprint density at radius 2 is 1.84 bits per heavy atom. The number of rotatable bonds is 4. The number of para-hydroxylation sites is 1. The van der Waals surface area contributed by atoms with E-state index in [4.69, 9.17) is 25.5 Å². The van der Waals surface area contributed by atoms with Gasteiger partial charge in [0.25, 0.3) is 0 Å². The molecule has 0 amide bonds. The second-order valence-electron chi connectivity index (χ2n) is 5.09. The Morgan fingerprint density at radius 1 is 1.20 bits per heavy atom. The van der Waals surface area contributed by atoms with E-state index in [2.05, 4.69) is 4.98 Å². The third-order valence-corrected chi connectivity index (χ3v) is 3.81. The van der Waals surface area contributed by atoms with Crippen molar-refractivity contribution in [2.75, 3.05) is 14.2 Å². The molecule has 0 aliphatic heterocycles. The van der Waals surface area contributed by atoms with Gasteiger partial charge in [-0.3, -0.25) is 0 Å². The van der Waals surface area contributed by atoms with Crippen LogP contribution in [-0.2, 0) is 0 Å². The number of hydrogen-bond acceptors (Lipinski definition) is 6. The number of methoxy groups -OCH3 is 2. The van der Waals surface area contributed by atoms with Gasteiger partial charge in [0.1, 0.15) is 5.03 Å². The van der Waals surface area contributed by atoms with E-state index in [1.165, 1.54) is 20.3 Å². The summed E-state index contributed by atoms with van der Waals surface area (Å²) < 4.78 is 15.4. The van der Waals surface area contributed by atoms with E-state index in [1.807, 2.05) is 0 Å². The molecule has 25 heavy (non-hydrogen) atoms. The molecule has 0 saturated heterocycles. The molecule has 0 bridgehead atoms. The number of aromatic hydroxyl groups is 1. The highest BCUT2D eigenvalue weighted by Crippen LogP contribution is 2.38. The van der Waals surface area contributed by atoms with Gasteiger partial charge in [0.2, 0.25) is 11.6 Å². The number of ether oxygens (including phenoxy) is 2. The smallest absolute Gasteiger partial charge is 0.347 e. The molecule has 0 radical (unpaired) electrons. The Bertz CT molecular complexity index is 1000. The molecule has 1 N–H and O–H groups in total. The number of nitrogens with zero attached hydrogens (tertiary/aromatic N) is 1. The minimum absolute atomic E-state index is 0.00336. The molecule has 0 spiro atoms. The fourth-order valence-corrected chi connectivity index (χ4v) is 2.53. The highest BCUT2D eigenvalue weighted by Gasteiger charge is 2.13. The molecular weight excluding hydrogens is 346 g/mol.